The molecule has 0 spiro atoms. The molecule has 0 amide bonds. The molecule has 0 heterocycles. The number of Topliss-reactive ketones (excluding diaryl/α,β-unsaturated/α-hetero) is 1. The summed E-state index contributed by atoms with van der Waals surface area (Å²) >= 11 is 3.03. The molecule has 2 aromatic carbocycles. The quantitative estimate of drug-likeness (QED) is 0.746. The van der Waals surface area contributed by atoms with E-state index in [1.165, 1.54) is 18.2 Å². The third kappa shape index (κ3) is 3.52. The van der Waals surface area contributed by atoms with Gasteiger partial charge in [0.25, 0.3) is 10.0 Å². The fraction of sp³-hybridized carbons (Fsp3) is 0.235. The standard InChI is InChI=1S/C17H15BrFNO3S/c1-10-2-6-12(7-3-10)24(22,23)20-16-9-14(18)15(19)8-13(16)17(21)11-4-5-11/h2-3,6-9,11,20H,4-5H2,1H3. The molecule has 7 heteroatoms. The van der Waals surface area contributed by atoms with Crippen LogP contribution in [-0.4, -0.2) is 14.2 Å². The summed E-state index contributed by atoms with van der Waals surface area (Å²) in [6.07, 6.45) is 1.50. The predicted molar refractivity (Wildman–Crippen MR) is 93.1 cm³/mol. The SMILES string of the molecule is Cc1ccc(S(=O)(=O)Nc2cc(Br)c(F)cc2C(=O)C2CC2)cc1. The van der Waals surface area contributed by atoms with Crippen LogP contribution in [0.2, 0.25) is 0 Å². The lowest BCUT2D eigenvalue weighted by Crippen LogP contribution is -2.16. The molecule has 4 nitrogen and oxygen atoms in total. The van der Waals surface area contributed by atoms with Crippen molar-refractivity contribution in [1.29, 1.82) is 0 Å². The van der Waals surface area contributed by atoms with Crippen LogP contribution < -0.4 is 4.72 Å². The predicted octanol–water partition coefficient (Wildman–Crippen LogP) is 4.29. The van der Waals surface area contributed by atoms with Crippen LogP contribution in [0.3, 0.4) is 0 Å². The van der Waals surface area contributed by atoms with Crippen molar-refractivity contribution in [2.45, 2.75) is 24.7 Å². The highest BCUT2D eigenvalue weighted by Gasteiger charge is 2.33. The summed E-state index contributed by atoms with van der Waals surface area (Å²) < 4.78 is 41.4. The largest absolute Gasteiger partial charge is 0.294 e. The van der Waals surface area contributed by atoms with Crippen molar-refractivity contribution >= 4 is 37.4 Å². The number of halogens is 2. The minimum atomic E-state index is -3.87. The fourth-order valence-corrected chi connectivity index (χ4v) is 3.74. The monoisotopic (exact) mass is 411 g/mol. The molecule has 0 aliphatic heterocycles. The molecule has 2 aromatic rings. The topological polar surface area (TPSA) is 63.2 Å². The Hall–Kier alpha value is -1.73. The van der Waals surface area contributed by atoms with Crippen molar-refractivity contribution in [2.24, 2.45) is 5.92 Å². The summed E-state index contributed by atoms with van der Waals surface area (Å²) in [5.74, 6) is -0.978. The summed E-state index contributed by atoms with van der Waals surface area (Å²) in [6.45, 7) is 1.85. The van der Waals surface area contributed by atoms with Crippen LogP contribution in [0.4, 0.5) is 10.1 Å². The van der Waals surface area contributed by atoms with Crippen LogP contribution in [0.25, 0.3) is 0 Å². The molecule has 0 radical (unpaired) electrons. The zero-order valence-electron chi connectivity index (χ0n) is 12.8. The van der Waals surface area contributed by atoms with E-state index in [1.54, 1.807) is 12.1 Å². The number of hydrogen-bond donors (Lipinski definition) is 1. The average Bonchev–Trinajstić information content (AvgIpc) is 3.35. The smallest absolute Gasteiger partial charge is 0.261 e. The molecule has 0 atom stereocenters. The number of benzene rings is 2. The molecular formula is C17H15BrFNO3S. The van der Waals surface area contributed by atoms with E-state index in [-0.39, 0.29) is 32.3 Å². The number of carbonyl (C=O) groups excluding carboxylic acids is 1. The lowest BCUT2D eigenvalue weighted by Gasteiger charge is -2.13. The number of ketones is 1. The van der Waals surface area contributed by atoms with E-state index in [2.05, 4.69) is 20.7 Å². The summed E-state index contributed by atoms with van der Waals surface area (Å²) in [5.41, 5.74) is 1.08. The average molecular weight is 412 g/mol. The third-order valence-electron chi connectivity index (χ3n) is 3.85. The lowest BCUT2D eigenvalue weighted by atomic mass is 10.1. The van der Waals surface area contributed by atoms with Crippen molar-refractivity contribution in [1.82, 2.24) is 0 Å². The van der Waals surface area contributed by atoms with Crippen molar-refractivity contribution in [3.8, 4) is 0 Å². The van der Waals surface area contributed by atoms with Gasteiger partial charge < -0.3 is 0 Å². The van der Waals surface area contributed by atoms with Gasteiger partial charge in [0, 0.05) is 11.5 Å². The maximum absolute atomic E-state index is 13.8. The first-order valence-electron chi connectivity index (χ1n) is 7.40. The van der Waals surface area contributed by atoms with E-state index in [0.29, 0.717) is 0 Å². The minimum Gasteiger partial charge on any atom is -0.294 e. The fourth-order valence-electron chi connectivity index (χ4n) is 2.32. The molecule has 24 heavy (non-hydrogen) atoms. The molecule has 3 rings (SSSR count). The van der Waals surface area contributed by atoms with Gasteiger partial charge in [-0.25, -0.2) is 12.8 Å². The van der Waals surface area contributed by atoms with E-state index in [9.17, 15) is 17.6 Å². The van der Waals surface area contributed by atoms with Crippen LogP contribution >= 0.6 is 15.9 Å². The van der Waals surface area contributed by atoms with Gasteiger partial charge in [0.1, 0.15) is 5.82 Å². The van der Waals surface area contributed by atoms with Crippen LogP contribution in [0.5, 0.6) is 0 Å². The Morgan fingerprint density at radius 2 is 1.83 bits per heavy atom. The summed E-state index contributed by atoms with van der Waals surface area (Å²) in [5, 5.41) is 0. The summed E-state index contributed by atoms with van der Waals surface area (Å²) in [4.78, 5) is 12.4. The van der Waals surface area contributed by atoms with Gasteiger partial charge in [-0.05, 0) is 60.0 Å². The molecule has 1 saturated carbocycles. The van der Waals surface area contributed by atoms with Gasteiger partial charge in [-0.3, -0.25) is 9.52 Å². The Balaban J connectivity index is 2.00. The Labute approximate surface area is 148 Å². The highest BCUT2D eigenvalue weighted by atomic mass is 79.9. The zero-order chi connectivity index (χ0) is 17.5. The first-order valence-corrected chi connectivity index (χ1v) is 9.68. The summed E-state index contributed by atoms with van der Waals surface area (Å²) in [7, 11) is -3.87. The Morgan fingerprint density at radius 3 is 2.42 bits per heavy atom. The van der Waals surface area contributed by atoms with Gasteiger partial charge in [-0.1, -0.05) is 17.7 Å². The lowest BCUT2D eigenvalue weighted by molar-refractivity contribution is 0.0968. The molecule has 0 bridgehead atoms. The van der Waals surface area contributed by atoms with Crippen molar-refractivity contribution in [3.63, 3.8) is 0 Å². The number of carbonyl (C=O) groups is 1. The van der Waals surface area contributed by atoms with E-state index in [4.69, 9.17) is 0 Å². The van der Waals surface area contributed by atoms with Gasteiger partial charge in [-0.15, -0.1) is 0 Å². The molecule has 1 aliphatic carbocycles. The van der Waals surface area contributed by atoms with Crippen molar-refractivity contribution in [2.75, 3.05) is 4.72 Å². The van der Waals surface area contributed by atoms with Crippen molar-refractivity contribution < 1.29 is 17.6 Å². The number of rotatable bonds is 5. The van der Waals surface area contributed by atoms with Gasteiger partial charge in [-0.2, -0.15) is 0 Å². The van der Waals surface area contributed by atoms with Gasteiger partial charge in [0.15, 0.2) is 5.78 Å². The molecule has 1 aliphatic rings. The van der Waals surface area contributed by atoms with E-state index < -0.39 is 15.8 Å². The number of aryl methyl sites for hydroxylation is 1. The van der Waals surface area contributed by atoms with E-state index in [1.807, 2.05) is 6.92 Å². The maximum Gasteiger partial charge on any atom is 0.261 e. The van der Waals surface area contributed by atoms with Crippen LogP contribution in [0.15, 0.2) is 45.8 Å². The highest BCUT2D eigenvalue weighted by molar-refractivity contribution is 9.10. The molecule has 1 fully saturated rings. The number of anilines is 1. The van der Waals surface area contributed by atoms with Gasteiger partial charge in [0.05, 0.1) is 15.1 Å². The Kier molecular flexibility index (Phi) is 4.48. The zero-order valence-corrected chi connectivity index (χ0v) is 15.2. The van der Waals surface area contributed by atoms with E-state index >= 15 is 0 Å². The number of sulfonamides is 1. The maximum atomic E-state index is 13.8. The molecule has 0 aromatic heterocycles. The normalized spacial score (nSPS) is 14.5. The van der Waals surface area contributed by atoms with Crippen molar-refractivity contribution in [3.05, 3.63) is 57.8 Å². The third-order valence-corrected chi connectivity index (χ3v) is 5.84. The Bertz CT molecular complexity index is 906. The molecule has 1 N–H and O–H groups in total. The minimum absolute atomic E-state index is 0.0638. The van der Waals surface area contributed by atoms with Crippen LogP contribution in [0.1, 0.15) is 28.8 Å². The second kappa shape index (κ2) is 6.29. The summed E-state index contributed by atoms with van der Waals surface area (Å²) in [6, 6.07) is 8.71. The Morgan fingerprint density at radius 1 is 1.21 bits per heavy atom. The molecule has 126 valence electrons. The molecule has 0 saturated heterocycles. The van der Waals surface area contributed by atoms with Crippen LogP contribution in [-0.2, 0) is 10.0 Å². The number of nitrogens with one attached hydrogen (secondary N) is 1. The van der Waals surface area contributed by atoms with Crippen LogP contribution in [0, 0.1) is 18.7 Å². The van der Waals surface area contributed by atoms with E-state index in [0.717, 1.165) is 24.5 Å². The first kappa shape index (κ1) is 17.1. The van der Waals surface area contributed by atoms with Gasteiger partial charge in [0.2, 0.25) is 0 Å². The number of hydrogen-bond acceptors (Lipinski definition) is 3. The first-order chi connectivity index (χ1) is 11.3. The molecule has 0 unspecified atom stereocenters. The molecular weight excluding hydrogens is 397 g/mol. The highest BCUT2D eigenvalue weighted by Crippen LogP contribution is 2.36. The second-order valence-electron chi connectivity index (χ2n) is 5.87. The van der Waals surface area contributed by atoms with Gasteiger partial charge >= 0.3 is 0 Å². The second-order valence-corrected chi connectivity index (χ2v) is 8.41.